The quantitative estimate of drug-likeness (QED) is 0.914. The molecule has 1 aromatic rings. The van der Waals surface area contributed by atoms with Gasteiger partial charge in [-0.15, -0.1) is 12.4 Å². The van der Waals surface area contributed by atoms with Crippen molar-refractivity contribution in [2.75, 3.05) is 19.6 Å². The SMILES string of the molecule is CCC1CN(C(=O)C2CCCCN2)CCC1c1ccccc1.Cl. The summed E-state index contributed by atoms with van der Waals surface area (Å²) in [6.45, 7) is 5.09. The molecule has 4 heteroatoms. The number of likely N-dealkylation sites (tertiary alicyclic amines) is 1. The Morgan fingerprint density at radius 2 is 2.00 bits per heavy atom. The predicted octanol–water partition coefficient (Wildman–Crippen LogP) is 3.59. The van der Waals surface area contributed by atoms with Crippen LogP contribution in [0.2, 0.25) is 0 Å². The maximum Gasteiger partial charge on any atom is 0.239 e. The Labute approximate surface area is 146 Å². The largest absolute Gasteiger partial charge is 0.341 e. The summed E-state index contributed by atoms with van der Waals surface area (Å²) in [6, 6.07) is 10.9. The van der Waals surface area contributed by atoms with Crippen LogP contribution in [0.1, 0.15) is 50.5 Å². The number of amides is 1. The Hall–Kier alpha value is -1.06. The number of carbonyl (C=O) groups is 1. The topological polar surface area (TPSA) is 32.3 Å². The average Bonchev–Trinajstić information content (AvgIpc) is 2.62. The van der Waals surface area contributed by atoms with Crippen LogP contribution in [0, 0.1) is 5.92 Å². The number of hydrogen-bond donors (Lipinski definition) is 1. The van der Waals surface area contributed by atoms with Crippen LogP contribution in [0.25, 0.3) is 0 Å². The van der Waals surface area contributed by atoms with E-state index >= 15 is 0 Å². The van der Waals surface area contributed by atoms with Crippen LogP contribution in [0.5, 0.6) is 0 Å². The van der Waals surface area contributed by atoms with Gasteiger partial charge in [0.1, 0.15) is 0 Å². The molecule has 3 nitrogen and oxygen atoms in total. The molecule has 3 rings (SSSR count). The number of nitrogens with one attached hydrogen (secondary N) is 1. The molecule has 2 aliphatic rings. The Morgan fingerprint density at radius 1 is 1.22 bits per heavy atom. The van der Waals surface area contributed by atoms with Crippen LogP contribution in [0.3, 0.4) is 0 Å². The van der Waals surface area contributed by atoms with E-state index in [9.17, 15) is 4.79 Å². The lowest BCUT2D eigenvalue weighted by Crippen LogP contribution is -2.52. The molecule has 0 aliphatic carbocycles. The summed E-state index contributed by atoms with van der Waals surface area (Å²) in [7, 11) is 0. The number of hydrogen-bond acceptors (Lipinski definition) is 2. The summed E-state index contributed by atoms with van der Waals surface area (Å²) in [5.41, 5.74) is 1.44. The minimum absolute atomic E-state index is 0. The van der Waals surface area contributed by atoms with E-state index in [1.54, 1.807) is 0 Å². The molecule has 2 saturated heterocycles. The highest BCUT2D eigenvalue weighted by Gasteiger charge is 2.34. The van der Waals surface area contributed by atoms with Crippen molar-refractivity contribution < 1.29 is 4.79 Å². The Kier molecular flexibility index (Phi) is 6.91. The van der Waals surface area contributed by atoms with E-state index in [0.717, 1.165) is 38.9 Å². The molecule has 128 valence electrons. The van der Waals surface area contributed by atoms with Crippen molar-refractivity contribution in [3.05, 3.63) is 35.9 Å². The van der Waals surface area contributed by atoms with Crippen LogP contribution >= 0.6 is 12.4 Å². The predicted molar refractivity (Wildman–Crippen MR) is 97.1 cm³/mol. The molecule has 2 heterocycles. The van der Waals surface area contributed by atoms with Crippen molar-refractivity contribution in [1.29, 1.82) is 0 Å². The van der Waals surface area contributed by atoms with Gasteiger partial charge in [-0.25, -0.2) is 0 Å². The lowest BCUT2D eigenvalue weighted by atomic mass is 9.79. The van der Waals surface area contributed by atoms with E-state index in [0.29, 0.717) is 17.7 Å². The fraction of sp³-hybridized carbons (Fsp3) is 0.632. The second kappa shape index (κ2) is 8.70. The van der Waals surface area contributed by atoms with Gasteiger partial charge in [-0.3, -0.25) is 4.79 Å². The van der Waals surface area contributed by atoms with E-state index in [1.807, 2.05) is 0 Å². The van der Waals surface area contributed by atoms with Gasteiger partial charge in [-0.05, 0) is 43.2 Å². The minimum atomic E-state index is 0. The molecule has 1 amide bonds. The fourth-order valence-corrected chi connectivity index (χ4v) is 4.07. The monoisotopic (exact) mass is 336 g/mol. The van der Waals surface area contributed by atoms with Gasteiger partial charge in [0.2, 0.25) is 5.91 Å². The number of halogens is 1. The summed E-state index contributed by atoms with van der Waals surface area (Å²) in [5, 5.41) is 3.40. The molecule has 23 heavy (non-hydrogen) atoms. The lowest BCUT2D eigenvalue weighted by molar-refractivity contribution is -0.136. The molecule has 0 radical (unpaired) electrons. The summed E-state index contributed by atoms with van der Waals surface area (Å²) < 4.78 is 0. The van der Waals surface area contributed by atoms with E-state index in [4.69, 9.17) is 0 Å². The highest BCUT2D eigenvalue weighted by atomic mass is 35.5. The second-order valence-electron chi connectivity index (χ2n) is 6.76. The Morgan fingerprint density at radius 3 is 2.65 bits per heavy atom. The average molecular weight is 337 g/mol. The number of rotatable bonds is 3. The zero-order chi connectivity index (χ0) is 15.4. The van der Waals surface area contributed by atoms with Crippen molar-refractivity contribution in [2.45, 2.75) is 51.0 Å². The molecule has 3 atom stereocenters. The van der Waals surface area contributed by atoms with Gasteiger partial charge in [-0.1, -0.05) is 50.1 Å². The normalized spacial score (nSPS) is 28.0. The molecule has 3 unspecified atom stereocenters. The summed E-state index contributed by atoms with van der Waals surface area (Å²) in [5.74, 6) is 1.53. The molecule has 1 aromatic carbocycles. The van der Waals surface area contributed by atoms with Gasteiger partial charge < -0.3 is 10.2 Å². The van der Waals surface area contributed by atoms with Crippen molar-refractivity contribution in [3.8, 4) is 0 Å². The molecule has 1 N–H and O–H groups in total. The van der Waals surface area contributed by atoms with Crippen LogP contribution in [-0.2, 0) is 4.79 Å². The lowest BCUT2D eigenvalue weighted by Gasteiger charge is -2.40. The molecule has 0 aromatic heterocycles. The van der Waals surface area contributed by atoms with Crippen LogP contribution in [-0.4, -0.2) is 36.5 Å². The maximum absolute atomic E-state index is 12.7. The van der Waals surface area contributed by atoms with Gasteiger partial charge in [0.25, 0.3) is 0 Å². The van der Waals surface area contributed by atoms with Crippen LogP contribution in [0.4, 0.5) is 0 Å². The second-order valence-corrected chi connectivity index (χ2v) is 6.76. The van der Waals surface area contributed by atoms with E-state index in [2.05, 4.69) is 47.5 Å². The third-order valence-electron chi connectivity index (χ3n) is 5.41. The van der Waals surface area contributed by atoms with Crippen LogP contribution < -0.4 is 5.32 Å². The van der Waals surface area contributed by atoms with Crippen LogP contribution in [0.15, 0.2) is 30.3 Å². The first kappa shape index (κ1) is 18.3. The highest BCUT2D eigenvalue weighted by Crippen LogP contribution is 2.35. The third kappa shape index (κ3) is 4.27. The van der Waals surface area contributed by atoms with Crippen molar-refractivity contribution in [2.24, 2.45) is 5.92 Å². The number of nitrogens with zero attached hydrogens (tertiary/aromatic N) is 1. The van der Waals surface area contributed by atoms with Gasteiger partial charge >= 0.3 is 0 Å². The minimum Gasteiger partial charge on any atom is -0.341 e. The first-order valence-electron chi connectivity index (χ1n) is 8.86. The number of benzene rings is 1. The molecule has 0 bridgehead atoms. The van der Waals surface area contributed by atoms with Gasteiger partial charge in [-0.2, -0.15) is 0 Å². The Balaban J connectivity index is 0.00000192. The number of piperidine rings is 2. The molecule has 0 saturated carbocycles. The summed E-state index contributed by atoms with van der Waals surface area (Å²) >= 11 is 0. The first-order valence-corrected chi connectivity index (χ1v) is 8.86. The zero-order valence-corrected chi connectivity index (χ0v) is 14.9. The third-order valence-corrected chi connectivity index (χ3v) is 5.41. The number of carbonyl (C=O) groups excluding carboxylic acids is 1. The van der Waals surface area contributed by atoms with Crippen molar-refractivity contribution in [1.82, 2.24) is 10.2 Å². The fourth-order valence-electron chi connectivity index (χ4n) is 4.07. The van der Waals surface area contributed by atoms with Crippen molar-refractivity contribution in [3.63, 3.8) is 0 Å². The van der Waals surface area contributed by atoms with Gasteiger partial charge in [0, 0.05) is 13.1 Å². The summed E-state index contributed by atoms with van der Waals surface area (Å²) in [6.07, 6.45) is 5.63. The molecular weight excluding hydrogens is 308 g/mol. The van der Waals surface area contributed by atoms with E-state index in [1.165, 1.54) is 18.4 Å². The molecule has 2 aliphatic heterocycles. The highest BCUT2D eigenvalue weighted by molar-refractivity contribution is 5.85. The molecule has 2 fully saturated rings. The van der Waals surface area contributed by atoms with Gasteiger partial charge in [0.05, 0.1) is 6.04 Å². The standard InChI is InChI=1S/C19H28N2O.ClH/c1-2-15-14-21(19(22)18-10-6-7-12-20-18)13-11-17(15)16-8-4-3-5-9-16;/h3-5,8-9,15,17-18,20H,2,6-7,10-14H2,1H3;1H. The van der Waals surface area contributed by atoms with Crippen molar-refractivity contribution >= 4 is 18.3 Å². The summed E-state index contributed by atoms with van der Waals surface area (Å²) in [4.78, 5) is 14.8. The molecule has 0 spiro atoms. The van der Waals surface area contributed by atoms with E-state index < -0.39 is 0 Å². The van der Waals surface area contributed by atoms with Gasteiger partial charge in [0.15, 0.2) is 0 Å². The molecular formula is C19H29ClN2O. The maximum atomic E-state index is 12.7. The smallest absolute Gasteiger partial charge is 0.239 e. The Bertz CT molecular complexity index is 487. The first-order chi connectivity index (χ1) is 10.8. The van der Waals surface area contributed by atoms with E-state index in [-0.39, 0.29) is 18.4 Å². The zero-order valence-electron chi connectivity index (χ0n) is 14.0.